The fourth-order valence-corrected chi connectivity index (χ4v) is 5.66. The van der Waals surface area contributed by atoms with Crippen molar-refractivity contribution in [2.75, 3.05) is 31.1 Å². The third-order valence-electron chi connectivity index (χ3n) is 6.09. The number of rotatable bonds is 3. The monoisotopic (exact) mass is 283 g/mol. The number of Topliss-reactive ketones (excluding diaryl/α,β-unsaturated/α-hetero) is 1. The maximum atomic E-state index is 12.5. The molecule has 1 saturated heterocycles. The van der Waals surface area contributed by atoms with Crippen LogP contribution in [0.5, 0.6) is 0 Å². The molecule has 3 aliphatic rings. The summed E-state index contributed by atoms with van der Waals surface area (Å²) in [4.78, 5) is 14.8. The van der Waals surface area contributed by atoms with E-state index in [2.05, 4.69) is 18.7 Å². The van der Waals surface area contributed by atoms with Crippen LogP contribution in [0.15, 0.2) is 0 Å². The highest BCUT2D eigenvalue weighted by molar-refractivity contribution is 7.99. The van der Waals surface area contributed by atoms with Gasteiger partial charge in [-0.3, -0.25) is 9.69 Å². The van der Waals surface area contributed by atoms with Gasteiger partial charge in [0, 0.05) is 37.6 Å². The zero-order chi connectivity index (χ0) is 13.7. The van der Waals surface area contributed by atoms with Crippen LogP contribution < -0.4 is 0 Å². The van der Waals surface area contributed by atoms with Crippen LogP contribution in [0.3, 0.4) is 0 Å². The lowest BCUT2D eigenvalue weighted by atomic mass is 9.65. The first-order valence-corrected chi connectivity index (χ1v) is 8.65. The van der Waals surface area contributed by atoms with Crippen LogP contribution in [0.25, 0.3) is 0 Å². The lowest BCUT2D eigenvalue weighted by molar-refractivity contribution is -0.139. The van der Waals surface area contributed by atoms with Crippen LogP contribution in [0.2, 0.25) is 0 Å². The highest BCUT2D eigenvalue weighted by Crippen LogP contribution is 2.65. The van der Waals surface area contributed by atoms with Crippen LogP contribution in [-0.4, -0.2) is 53.0 Å². The highest BCUT2D eigenvalue weighted by Gasteiger charge is 2.67. The standard InChI is InChI=1S/C15H25NO2S/c1-14(2)11-3-4-15(14,12(17)9-11)13(18)10-16-5-7-19-8-6-16/h11,13,18H,3-10H2,1-2H3/t11-,13+,15+/m1/s1. The first kappa shape index (κ1) is 13.9. The van der Waals surface area contributed by atoms with Gasteiger partial charge in [0.15, 0.2) is 0 Å². The summed E-state index contributed by atoms with van der Waals surface area (Å²) in [5.74, 6) is 3.12. The Morgan fingerprint density at radius 1 is 1.42 bits per heavy atom. The van der Waals surface area contributed by atoms with E-state index in [-0.39, 0.29) is 5.41 Å². The zero-order valence-electron chi connectivity index (χ0n) is 12.0. The van der Waals surface area contributed by atoms with Gasteiger partial charge in [-0.05, 0) is 24.2 Å². The molecule has 2 saturated carbocycles. The number of nitrogens with zero attached hydrogens (tertiary/aromatic N) is 1. The van der Waals surface area contributed by atoms with E-state index in [0.29, 0.717) is 24.7 Å². The van der Waals surface area contributed by atoms with E-state index in [1.54, 1.807) is 0 Å². The predicted octanol–water partition coefficient (Wildman–Crippen LogP) is 1.79. The minimum atomic E-state index is -0.481. The fraction of sp³-hybridized carbons (Fsp3) is 0.933. The Bertz CT molecular complexity index is 378. The summed E-state index contributed by atoms with van der Waals surface area (Å²) in [5, 5.41) is 10.8. The summed E-state index contributed by atoms with van der Waals surface area (Å²) < 4.78 is 0. The van der Waals surface area contributed by atoms with Crippen LogP contribution >= 0.6 is 11.8 Å². The van der Waals surface area contributed by atoms with Gasteiger partial charge in [-0.1, -0.05) is 13.8 Å². The minimum Gasteiger partial charge on any atom is -0.391 e. The highest BCUT2D eigenvalue weighted by atomic mass is 32.2. The van der Waals surface area contributed by atoms with E-state index in [0.717, 1.165) is 37.4 Å². The number of aliphatic hydroxyl groups is 1. The van der Waals surface area contributed by atoms with Crippen LogP contribution in [0.4, 0.5) is 0 Å². The maximum absolute atomic E-state index is 12.5. The Kier molecular flexibility index (Phi) is 3.47. The summed E-state index contributed by atoms with van der Waals surface area (Å²) in [6.07, 6.45) is 2.23. The molecule has 2 bridgehead atoms. The van der Waals surface area contributed by atoms with Gasteiger partial charge in [0.25, 0.3) is 0 Å². The van der Waals surface area contributed by atoms with Crippen molar-refractivity contribution in [1.29, 1.82) is 0 Å². The molecule has 19 heavy (non-hydrogen) atoms. The molecule has 0 radical (unpaired) electrons. The van der Waals surface area contributed by atoms with Crippen molar-refractivity contribution in [3.05, 3.63) is 0 Å². The number of hydrogen-bond donors (Lipinski definition) is 1. The second-order valence-electron chi connectivity index (χ2n) is 6.98. The van der Waals surface area contributed by atoms with Gasteiger partial charge in [-0.2, -0.15) is 11.8 Å². The van der Waals surface area contributed by atoms with Crippen LogP contribution in [0.1, 0.15) is 33.1 Å². The Morgan fingerprint density at radius 2 is 2.11 bits per heavy atom. The van der Waals surface area contributed by atoms with Crippen LogP contribution in [0, 0.1) is 16.7 Å². The molecule has 2 aliphatic carbocycles. The van der Waals surface area contributed by atoms with E-state index in [1.165, 1.54) is 0 Å². The third-order valence-corrected chi connectivity index (χ3v) is 7.03. The number of carbonyl (C=O) groups excluding carboxylic acids is 1. The number of thioether (sulfide) groups is 1. The number of aliphatic hydroxyl groups excluding tert-OH is 1. The van der Waals surface area contributed by atoms with E-state index < -0.39 is 11.5 Å². The average Bonchev–Trinajstić information content (AvgIpc) is 2.74. The van der Waals surface area contributed by atoms with Crippen molar-refractivity contribution in [1.82, 2.24) is 4.90 Å². The molecule has 0 aromatic rings. The number of hydrogen-bond acceptors (Lipinski definition) is 4. The number of carbonyl (C=O) groups is 1. The normalized spacial score (nSPS) is 39.7. The first-order valence-electron chi connectivity index (χ1n) is 7.50. The smallest absolute Gasteiger partial charge is 0.142 e. The fourth-order valence-electron chi connectivity index (χ4n) is 4.68. The minimum absolute atomic E-state index is 0.0198. The Labute approximate surface area is 120 Å². The Morgan fingerprint density at radius 3 is 2.63 bits per heavy atom. The van der Waals surface area contributed by atoms with Crippen molar-refractivity contribution in [3.8, 4) is 0 Å². The van der Waals surface area contributed by atoms with Gasteiger partial charge < -0.3 is 5.11 Å². The molecule has 0 unspecified atom stereocenters. The molecule has 108 valence electrons. The van der Waals surface area contributed by atoms with Crippen molar-refractivity contribution in [2.45, 2.75) is 39.2 Å². The third kappa shape index (κ3) is 1.90. The molecule has 3 atom stereocenters. The van der Waals surface area contributed by atoms with E-state index in [1.807, 2.05) is 11.8 Å². The molecular formula is C15H25NO2S. The van der Waals surface area contributed by atoms with E-state index in [4.69, 9.17) is 0 Å². The summed E-state index contributed by atoms with van der Waals surface area (Å²) in [5.41, 5.74) is -0.476. The summed E-state index contributed by atoms with van der Waals surface area (Å²) in [7, 11) is 0. The lowest BCUT2D eigenvalue weighted by Gasteiger charge is -2.42. The Balaban J connectivity index is 1.77. The largest absolute Gasteiger partial charge is 0.391 e. The SMILES string of the molecule is CC1(C)[C@@H]2CC[C@@]1([C@@H](O)CN1CCSCC1)C(=O)C2. The van der Waals surface area contributed by atoms with Crippen molar-refractivity contribution >= 4 is 17.5 Å². The van der Waals surface area contributed by atoms with Crippen LogP contribution in [-0.2, 0) is 4.79 Å². The van der Waals surface area contributed by atoms with Gasteiger partial charge in [-0.15, -0.1) is 0 Å². The molecule has 0 spiro atoms. The van der Waals surface area contributed by atoms with Gasteiger partial charge in [0.05, 0.1) is 11.5 Å². The average molecular weight is 283 g/mol. The Hall–Kier alpha value is -0.0600. The molecule has 4 heteroatoms. The molecule has 1 heterocycles. The lowest BCUT2D eigenvalue weighted by Crippen LogP contribution is -2.52. The molecule has 3 rings (SSSR count). The molecule has 0 amide bonds. The second kappa shape index (κ2) is 4.74. The number of ketones is 1. The van der Waals surface area contributed by atoms with Crippen molar-refractivity contribution < 1.29 is 9.90 Å². The molecule has 0 aromatic heterocycles. The predicted molar refractivity (Wildman–Crippen MR) is 78.3 cm³/mol. The quantitative estimate of drug-likeness (QED) is 0.857. The van der Waals surface area contributed by atoms with E-state index >= 15 is 0 Å². The number of fused-ring (bicyclic) bond motifs is 2. The van der Waals surface area contributed by atoms with Gasteiger partial charge >= 0.3 is 0 Å². The number of β-amino-alcohol motifs (C(OH)–C–C–N with tert-alkyl or cyclic N) is 1. The molecule has 0 aromatic carbocycles. The molecule has 1 aliphatic heterocycles. The molecule has 1 N–H and O–H groups in total. The van der Waals surface area contributed by atoms with E-state index in [9.17, 15) is 9.90 Å². The van der Waals surface area contributed by atoms with Gasteiger partial charge in [0.2, 0.25) is 0 Å². The summed E-state index contributed by atoms with van der Waals surface area (Å²) >= 11 is 1.98. The molecule has 3 fully saturated rings. The first-order chi connectivity index (χ1) is 8.98. The molecular weight excluding hydrogens is 258 g/mol. The van der Waals surface area contributed by atoms with Crippen molar-refractivity contribution in [3.63, 3.8) is 0 Å². The van der Waals surface area contributed by atoms with Gasteiger partial charge in [0.1, 0.15) is 5.78 Å². The summed E-state index contributed by atoms with van der Waals surface area (Å²) in [6.45, 7) is 7.18. The topological polar surface area (TPSA) is 40.5 Å². The second-order valence-corrected chi connectivity index (χ2v) is 8.21. The van der Waals surface area contributed by atoms with Crippen molar-refractivity contribution in [2.24, 2.45) is 16.7 Å². The van der Waals surface area contributed by atoms with Gasteiger partial charge in [-0.25, -0.2) is 0 Å². The zero-order valence-corrected chi connectivity index (χ0v) is 12.8. The molecule has 3 nitrogen and oxygen atoms in total. The summed E-state index contributed by atoms with van der Waals surface area (Å²) in [6, 6.07) is 0. The maximum Gasteiger partial charge on any atom is 0.142 e.